The van der Waals surface area contributed by atoms with E-state index in [0.29, 0.717) is 5.92 Å². The predicted molar refractivity (Wildman–Crippen MR) is 89.8 cm³/mol. The summed E-state index contributed by atoms with van der Waals surface area (Å²) >= 11 is 1.40. The average Bonchev–Trinajstić information content (AvgIpc) is 3.16. The van der Waals surface area contributed by atoms with Crippen molar-refractivity contribution >= 4 is 22.4 Å². The van der Waals surface area contributed by atoms with Crippen LogP contribution in [0.25, 0.3) is 0 Å². The van der Waals surface area contributed by atoms with E-state index in [2.05, 4.69) is 38.5 Å². The molecule has 0 bridgehead atoms. The summed E-state index contributed by atoms with van der Waals surface area (Å²) in [6.07, 6.45) is 7.95. The van der Waals surface area contributed by atoms with Crippen molar-refractivity contribution in [2.24, 2.45) is 0 Å². The summed E-state index contributed by atoms with van der Waals surface area (Å²) < 4.78 is 6.35. The van der Waals surface area contributed by atoms with E-state index in [1.807, 2.05) is 17.1 Å². The van der Waals surface area contributed by atoms with Gasteiger partial charge in [-0.1, -0.05) is 20.3 Å². The van der Waals surface area contributed by atoms with Crippen LogP contribution in [-0.2, 0) is 6.54 Å². The van der Waals surface area contributed by atoms with Gasteiger partial charge in [0.05, 0.1) is 18.4 Å². The highest BCUT2D eigenvalue weighted by molar-refractivity contribution is 7.09. The first-order valence-corrected chi connectivity index (χ1v) is 8.83. The third kappa shape index (κ3) is 4.04. The molecule has 22 heavy (non-hydrogen) atoms. The quantitative estimate of drug-likeness (QED) is 0.886. The number of hydrogen-bond donors (Lipinski definition) is 1. The molecule has 0 saturated carbocycles. The van der Waals surface area contributed by atoms with Gasteiger partial charge < -0.3 is 10.2 Å². The highest BCUT2D eigenvalue weighted by atomic mass is 32.1. The number of nitrogens with zero attached hydrogens (tertiary/aromatic N) is 5. The van der Waals surface area contributed by atoms with E-state index in [-0.39, 0.29) is 0 Å². The van der Waals surface area contributed by atoms with E-state index in [0.717, 1.165) is 29.7 Å². The van der Waals surface area contributed by atoms with Gasteiger partial charge in [0.25, 0.3) is 0 Å². The van der Waals surface area contributed by atoms with Gasteiger partial charge in [-0.2, -0.15) is 9.47 Å². The molecular formula is C15H24N6S. The molecule has 1 saturated heterocycles. The Kier molecular flexibility index (Phi) is 5.04. The van der Waals surface area contributed by atoms with Gasteiger partial charge in [-0.3, -0.25) is 4.68 Å². The van der Waals surface area contributed by atoms with Crippen LogP contribution >= 0.6 is 11.5 Å². The van der Waals surface area contributed by atoms with Crippen LogP contribution in [0.1, 0.15) is 44.9 Å². The first-order chi connectivity index (χ1) is 10.7. The van der Waals surface area contributed by atoms with Crippen molar-refractivity contribution in [1.82, 2.24) is 24.0 Å². The van der Waals surface area contributed by atoms with E-state index in [4.69, 9.17) is 0 Å². The number of likely N-dealkylation sites (tertiary alicyclic amines) is 1. The van der Waals surface area contributed by atoms with Gasteiger partial charge in [0.1, 0.15) is 5.82 Å². The summed E-state index contributed by atoms with van der Waals surface area (Å²) in [6, 6.07) is 0. The molecule has 3 rings (SSSR count). The summed E-state index contributed by atoms with van der Waals surface area (Å²) in [4.78, 5) is 7.01. The van der Waals surface area contributed by atoms with Gasteiger partial charge in [-0.25, -0.2) is 4.98 Å². The maximum Gasteiger partial charge on any atom is 0.207 e. The van der Waals surface area contributed by atoms with E-state index < -0.39 is 0 Å². The molecule has 0 radical (unpaired) electrons. The normalized spacial score (nSPS) is 16.3. The Hall–Kier alpha value is -1.47. The van der Waals surface area contributed by atoms with Gasteiger partial charge >= 0.3 is 0 Å². The fourth-order valence-electron chi connectivity index (χ4n) is 2.62. The van der Waals surface area contributed by atoms with Gasteiger partial charge in [-0.15, -0.1) is 0 Å². The number of hydrogen-bond acceptors (Lipinski definition) is 6. The molecule has 2 aromatic heterocycles. The lowest BCUT2D eigenvalue weighted by atomic mass is 10.1. The zero-order chi connectivity index (χ0) is 15.4. The molecule has 1 fully saturated rings. The number of piperidine rings is 1. The zero-order valence-electron chi connectivity index (χ0n) is 13.3. The zero-order valence-corrected chi connectivity index (χ0v) is 14.1. The van der Waals surface area contributed by atoms with Crippen LogP contribution in [0.15, 0.2) is 12.4 Å². The fraction of sp³-hybridized carbons (Fsp3) is 0.667. The molecular weight excluding hydrogens is 296 g/mol. The largest absolute Gasteiger partial charge is 0.328 e. The van der Waals surface area contributed by atoms with Crippen molar-refractivity contribution in [3.8, 4) is 0 Å². The minimum Gasteiger partial charge on any atom is -0.328 e. The Morgan fingerprint density at radius 3 is 2.77 bits per heavy atom. The van der Waals surface area contributed by atoms with Crippen LogP contribution in [-0.4, -0.2) is 43.7 Å². The Bertz CT molecular complexity index is 584. The van der Waals surface area contributed by atoms with Crippen molar-refractivity contribution in [1.29, 1.82) is 0 Å². The van der Waals surface area contributed by atoms with Crippen LogP contribution < -0.4 is 5.32 Å². The van der Waals surface area contributed by atoms with Crippen LogP contribution in [0.5, 0.6) is 0 Å². The molecule has 120 valence electrons. The predicted octanol–water partition coefficient (Wildman–Crippen LogP) is 3.09. The summed E-state index contributed by atoms with van der Waals surface area (Å²) in [6.45, 7) is 8.69. The molecule has 1 aliphatic rings. The lowest BCUT2D eigenvalue weighted by Gasteiger charge is -2.26. The van der Waals surface area contributed by atoms with Crippen LogP contribution in [0.4, 0.5) is 10.8 Å². The third-order valence-electron chi connectivity index (χ3n) is 3.94. The van der Waals surface area contributed by atoms with E-state index in [9.17, 15) is 0 Å². The summed E-state index contributed by atoms with van der Waals surface area (Å²) in [7, 11) is 0. The molecule has 6 nitrogen and oxygen atoms in total. The number of aromatic nitrogens is 4. The van der Waals surface area contributed by atoms with Gasteiger partial charge in [0.2, 0.25) is 5.13 Å². The SMILES string of the molecule is CC(C)c1nsc(Nc2cnn(CCN3CCCCC3)c2)n1. The van der Waals surface area contributed by atoms with Crippen molar-refractivity contribution in [3.05, 3.63) is 18.2 Å². The van der Waals surface area contributed by atoms with Crippen LogP contribution in [0.3, 0.4) is 0 Å². The van der Waals surface area contributed by atoms with Gasteiger partial charge in [-0.05, 0) is 25.9 Å². The Morgan fingerprint density at radius 1 is 1.23 bits per heavy atom. The molecule has 3 heterocycles. The fourth-order valence-corrected chi connectivity index (χ4v) is 3.35. The Balaban J connectivity index is 1.51. The second kappa shape index (κ2) is 7.19. The first kappa shape index (κ1) is 15.4. The first-order valence-electron chi connectivity index (χ1n) is 8.06. The monoisotopic (exact) mass is 320 g/mol. The molecule has 0 unspecified atom stereocenters. The highest BCUT2D eigenvalue weighted by Gasteiger charge is 2.11. The third-order valence-corrected chi connectivity index (χ3v) is 4.58. The Labute approximate surface area is 135 Å². The minimum absolute atomic E-state index is 0.360. The molecule has 0 atom stereocenters. The van der Waals surface area contributed by atoms with E-state index in [1.54, 1.807) is 0 Å². The molecule has 1 N–H and O–H groups in total. The van der Waals surface area contributed by atoms with Crippen LogP contribution in [0.2, 0.25) is 0 Å². The average molecular weight is 320 g/mol. The smallest absolute Gasteiger partial charge is 0.207 e. The molecule has 0 spiro atoms. The molecule has 1 aliphatic heterocycles. The van der Waals surface area contributed by atoms with Crippen molar-refractivity contribution in [2.75, 3.05) is 25.0 Å². The van der Waals surface area contributed by atoms with Gasteiger partial charge in [0, 0.05) is 30.2 Å². The summed E-state index contributed by atoms with van der Waals surface area (Å²) in [5.74, 6) is 1.25. The molecule has 0 amide bonds. The Morgan fingerprint density at radius 2 is 2.05 bits per heavy atom. The van der Waals surface area contributed by atoms with Crippen molar-refractivity contribution in [3.63, 3.8) is 0 Å². The molecule has 2 aromatic rings. The molecule has 0 aromatic carbocycles. The lowest BCUT2D eigenvalue weighted by molar-refractivity contribution is 0.218. The van der Waals surface area contributed by atoms with E-state index >= 15 is 0 Å². The second-order valence-corrected chi connectivity index (χ2v) is 6.88. The number of anilines is 2. The van der Waals surface area contributed by atoms with Gasteiger partial charge in [0.15, 0.2) is 0 Å². The number of nitrogens with one attached hydrogen (secondary N) is 1. The van der Waals surface area contributed by atoms with E-state index in [1.165, 1.54) is 43.9 Å². The topological polar surface area (TPSA) is 58.9 Å². The maximum atomic E-state index is 4.48. The minimum atomic E-state index is 0.360. The van der Waals surface area contributed by atoms with Crippen molar-refractivity contribution in [2.45, 2.75) is 45.6 Å². The second-order valence-electron chi connectivity index (χ2n) is 6.13. The maximum absolute atomic E-state index is 4.48. The molecule has 0 aliphatic carbocycles. The summed E-state index contributed by atoms with van der Waals surface area (Å²) in [5, 5.41) is 8.54. The van der Waals surface area contributed by atoms with Crippen LogP contribution in [0, 0.1) is 0 Å². The molecule has 7 heteroatoms. The highest BCUT2D eigenvalue weighted by Crippen LogP contribution is 2.21. The van der Waals surface area contributed by atoms with Crippen molar-refractivity contribution < 1.29 is 0 Å². The summed E-state index contributed by atoms with van der Waals surface area (Å²) in [5.41, 5.74) is 0.977. The number of rotatable bonds is 6. The lowest BCUT2D eigenvalue weighted by Crippen LogP contribution is -2.32. The standard InChI is InChI=1S/C15H24N6S/c1-12(2)14-18-15(22-19-14)17-13-10-16-21(11-13)9-8-20-6-4-3-5-7-20/h10-12H,3-9H2,1-2H3,(H,17,18,19).